The van der Waals surface area contributed by atoms with Gasteiger partial charge in [0.15, 0.2) is 0 Å². The van der Waals surface area contributed by atoms with Gasteiger partial charge in [-0.15, -0.1) is 0 Å². The lowest BCUT2D eigenvalue weighted by Crippen LogP contribution is -2.39. The largest absolute Gasteiger partial charge is 0.477 e. The summed E-state index contributed by atoms with van der Waals surface area (Å²) in [5, 5.41) is 2.79. The third kappa shape index (κ3) is 7.96. The first-order valence-corrected chi connectivity index (χ1v) is 15.3. The standard InChI is InChI=1S/C30H37N5O6S/c1-20-10-6-11-21(2)26(20)24-19-25-33-28(32-24)34-42(38,39)23-13-7-12-22(18-23)27(36)31-14-8-15-35(16-9-17-40-25)29(37)41-30(3,4)5/h6-7,10-13,18-19H,8-9,14-17H2,1-5H3,(H,31,36)(H,32,33,34). The number of fused-ring (bicyclic) bond motifs is 4. The molecule has 42 heavy (non-hydrogen) atoms. The summed E-state index contributed by atoms with van der Waals surface area (Å²) in [6.45, 7) is 10.5. The topological polar surface area (TPSA) is 140 Å². The second-order valence-electron chi connectivity index (χ2n) is 11.1. The Morgan fingerprint density at radius 2 is 1.69 bits per heavy atom. The van der Waals surface area contributed by atoms with Crippen LogP contribution in [0.4, 0.5) is 10.7 Å². The molecule has 0 radical (unpaired) electrons. The molecule has 4 bridgehead atoms. The maximum atomic E-state index is 13.3. The molecule has 0 spiro atoms. The highest BCUT2D eigenvalue weighted by Crippen LogP contribution is 2.29. The summed E-state index contributed by atoms with van der Waals surface area (Å²) < 4.78 is 40.7. The van der Waals surface area contributed by atoms with Crippen LogP contribution in [-0.2, 0) is 14.8 Å². The van der Waals surface area contributed by atoms with E-state index in [4.69, 9.17) is 9.47 Å². The van der Waals surface area contributed by atoms with Crippen LogP contribution in [0.1, 0.15) is 55.1 Å². The molecule has 0 atom stereocenters. The molecule has 0 fully saturated rings. The molecule has 2 amide bonds. The van der Waals surface area contributed by atoms with E-state index in [2.05, 4.69) is 20.0 Å². The molecule has 11 nitrogen and oxygen atoms in total. The zero-order valence-electron chi connectivity index (χ0n) is 24.6. The monoisotopic (exact) mass is 595 g/mol. The molecule has 0 unspecified atom stereocenters. The first-order chi connectivity index (χ1) is 19.8. The Balaban J connectivity index is 1.71. The zero-order valence-corrected chi connectivity index (χ0v) is 25.4. The number of benzene rings is 2. The Labute approximate surface area is 246 Å². The van der Waals surface area contributed by atoms with E-state index in [0.29, 0.717) is 31.6 Å². The van der Waals surface area contributed by atoms with Crippen molar-refractivity contribution in [1.82, 2.24) is 20.2 Å². The quantitative estimate of drug-likeness (QED) is 0.413. The molecule has 2 heterocycles. The number of ether oxygens (including phenoxy) is 2. The highest BCUT2D eigenvalue weighted by atomic mass is 32.2. The van der Waals surface area contributed by atoms with Gasteiger partial charge in [-0.1, -0.05) is 24.3 Å². The van der Waals surface area contributed by atoms with Crippen molar-refractivity contribution in [2.45, 2.75) is 58.0 Å². The number of rotatable bonds is 1. The predicted octanol–water partition coefficient (Wildman–Crippen LogP) is 4.70. The molecule has 1 aliphatic heterocycles. The zero-order chi connectivity index (χ0) is 30.5. The average Bonchev–Trinajstić information content (AvgIpc) is 2.90. The molecule has 12 heteroatoms. The van der Waals surface area contributed by atoms with Gasteiger partial charge in [0.05, 0.1) is 17.2 Å². The molecular weight excluding hydrogens is 558 g/mol. The summed E-state index contributed by atoms with van der Waals surface area (Å²) in [7, 11) is -4.14. The van der Waals surface area contributed by atoms with E-state index in [0.717, 1.165) is 16.7 Å². The number of carbonyl (C=O) groups excluding carboxylic acids is 2. The number of amides is 2. The SMILES string of the molecule is Cc1cccc(C)c1-c1cc2nc(n1)NS(=O)(=O)c1cccc(c1)C(=O)NCCCN(C(=O)OC(C)(C)C)CCCO2. The lowest BCUT2D eigenvalue weighted by molar-refractivity contribution is 0.0240. The number of carbonyl (C=O) groups is 2. The fourth-order valence-corrected chi connectivity index (χ4v) is 5.49. The van der Waals surface area contributed by atoms with Gasteiger partial charge in [0.1, 0.15) is 5.60 Å². The smallest absolute Gasteiger partial charge is 0.410 e. The third-order valence-electron chi connectivity index (χ3n) is 6.44. The van der Waals surface area contributed by atoms with Gasteiger partial charge in [-0.25, -0.2) is 22.9 Å². The summed E-state index contributed by atoms with van der Waals surface area (Å²) in [6.07, 6.45) is 0.478. The van der Waals surface area contributed by atoms with Crippen molar-refractivity contribution in [3.8, 4) is 17.1 Å². The van der Waals surface area contributed by atoms with Gasteiger partial charge in [0.25, 0.3) is 15.9 Å². The van der Waals surface area contributed by atoms with Gasteiger partial charge in [0.2, 0.25) is 11.8 Å². The van der Waals surface area contributed by atoms with Crippen LogP contribution in [0.3, 0.4) is 0 Å². The number of nitrogens with one attached hydrogen (secondary N) is 2. The van der Waals surface area contributed by atoms with E-state index in [1.165, 1.54) is 24.3 Å². The maximum absolute atomic E-state index is 13.3. The van der Waals surface area contributed by atoms with Crippen molar-refractivity contribution >= 4 is 28.0 Å². The summed E-state index contributed by atoms with van der Waals surface area (Å²) in [6, 6.07) is 13.2. The molecule has 2 N–H and O–H groups in total. The molecule has 3 aromatic rings. The molecule has 1 aromatic heterocycles. The van der Waals surface area contributed by atoms with Gasteiger partial charge in [0, 0.05) is 36.8 Å². The number of aryl methyl sites for hydroxylation is 2. The average molecular weight is 596 g/mol. The Hall–Kier alpha value is -4.19. The van der Waals surface area contributed by atoms with Gasteiger partial charge in [-0.2, -0.15) is 4.98 Å². The molecule has 2 aromatic carbocycles. The van der Waals surface area contributed by atoms with E-state index >= 15 is 0 Å². The maximum Gasteiger partial charge on any atom is 0.410 e. The van der Waals surface area contributed by atoms with Gasteiger partial charge < -0.3 is 19.7 Å². The Bertz CT molecular complexity index is 1550. The highest BCUT2D eigenvalue weighted by Gasteiger charge is 2.23. The minimum Gasteiger partial charge on any atom is -0.477 e. The van der Waals surface area contributed by atoms with E-state index < -0.39 is 27.6 Å². The summed E-state index contributed by atoms with van der Waals surface area (Å²) in [5.41, 5.74) is 2.75. The van der Waals surface area contributed by atoms with Crippen molar-refractivity contribution in [2.24, 2.45) is 0 Å². The molecule has 0 saturated heterocycles. The minimum atomic E-state index is -4.14. The van der Waals surface area contributed by atoms with Crippen molar-refractivity contribution in [2.75, 3.05) is 31.0 Å². The number of aromatic nitrogens is 2. The normalized spacial score (nSPS) is 16.2. The van der Waals surface area contributed by atoms with Crippen LogP contribution in [0.5, 0.6) is 5.88 Å². The Morgan fingerprint density at radius 3 is 2.40 bits per heavy atom. The van der Waals surface area contributed by atoms with Crippen molar-refractivity contribution in [1.29, 1.82) is 0 Å². The Morgan fingerprint density at radius 1 is 1.00 bits per heavy atom. The number of sulfonamides is 1. The van der Waals surface area contributed by atoms with Crippen molar-refractivity contribution in [3.05, 3.63) is 65.2 Å². The first-order valence-electron chi connectivity index (χ1n) is 13.8. The molecule has 0 aliphatic carbocycles. The molecule has 224 valence electrons. The molecular formula is C30H37N5O6S. The highest BCUT2D eigenvalue weighted by molar-refractivity contribution is 7.92. The van der Waals surface area contributed by atoms with E-state index in [9.17, 15) is 18.0 Å². The van der Waals surface area contributed by atoms with E-state index in [1.54, 1.807) is 31.7 Å². The Kier molecular flexibility index (Phi) is 9.35. The second-order valence-corrected chi connectivity index (χ2v) is 12.8. The fourth-order valence-electron chi connectivity index (χ4n) is 4.50. The van der Waals surface area contributed by atoms with Gasteiger partial charge in [-0.05, 0) is 76.8 Å². The van der Waals surface area contributed by atoms with Crippen LogP contribution in [0.15, 0.2) is 53.4 Å². The van der Waals surface area contributed by atoms with Crippen LogP contribution in [-0.4, -0.2) is 67.1 Å². The number of nitrogens with zero attached hydrogens (tertiary/aromatic N) is 3. The number of anilines is 1. The number of hydrogen-bond acceptors (Lipinski definition) is 8. The summed E-state index contributed by atoms with van der Waals surface area (Å²) in [5.74, 6) is -0.420. The molecule has 0 saturated carbocycles. The van der Waals surface area contributed by atoms with E-state index in [-0.39, 0.29) is 35.4 Å². The first kappa shape index (κ1) is 30.8. The lowest BCUT2D eigenvalue weighted by Gasteiger charge is -2.27. The summed E-state index contributed by atoms with van der Waals surface area (Å²) in [4.78, 5) is 36.0. The van der Waals surface area contributed by atoms with Gasteiger partial charge in [-0.3, -0.25) is 4.79 Å². The molecule has 4 rings (SSSR count). The van der Waals surface area contributed by atoms with Crippen molar-refractivity contribution in [3.63, 3.8) is 0 Å². The lowest BCUT2D eigenvalue weighted by atomic mass is 10.00. The minimum absolute atomic E-state index is 0.115. The van der Waals surface area contributed by atoms with Crippen LogP contribution < -0.4 is 14.8 Å². The summed E-state index contributed by atoms with van der Waals surface area (Å²) >= 11 is 0. The van der Waals surface area contributed by atoms with Gasteiger partial charge >= 0.3 is 6.09 Å². The second kappa shape index (κ2) is 12.8. The van der Waals surface area contributed by atoms with Crippen LogP contribution >= 0.6 is 0 Å². The number of hydrogen-bond donors (Lipinski definition) is 2. The third-order valence-corrected chi connectivity index (χ3v) is 7.76. The fraction of sp³-hybridized carbons (Fsp3) is 0.400. The van der Waals surface area contributed by atoms with Crippen LogP contribution in [0.25, 0.3) is 11.3 Å². The molecule has 1 aliphatic rings. The van der Waals surface area contributed by atoms with E-state index in [1.807, 2.05) is 32.0 Å². The van der Waals surface area contributed by atoms with Crippen molar-refractivity contribution < 1.29 is 27.5 Å². The predicted molar refractivity (Wildman–Crippen MR) is 159 cm³/mol. The van der Waals surface area contributed by atoms with Crippen LogP contribution in [0.2, 0.25) is 0 Å². The van der Waals surface area contributed by atoms with Crippen LogP contribution in [0, 0.1) is 13.8 Å².